The maximum Gasteiger partial charge on any atom is 0.289 e. The van der Waals surface area contributed by atoms with E-state index in [1.165, 1.54) is 6.92 Å². The van der Waals surface area contributed by atoms with Crippen LogP contribution in [0.5, 0.6) is 0 Å². The molecule has 0 aromatic rings. The highest BCUT2D eigenvalue weighted by Crippen LogP contribution is 2.07. The van der Waals surface area contributed by atoms with Crippen LogP contribution in [0.15, 0.2) is 11.9 Å². The highest BCUT2D eigenvalue weighted by molar-refractivity contribution is 4.90. The van der Waals surface area contributed by atoms with E-state index in [0.717, 1.165) is 6.08 Å². The van der Waals surface area contributed by atoms with Gasteiger partial charge < -0.3 is 0 Å². The Kier molecular flexibility index (Phi) is 2.48. The van der Waals surface area contributed by atoms with Crippen molar-refractivity contribution in [1.82, 2.24) is 0 Å². The van der Waals surface area contributed by atoms with Crippen molar-refractivity contribution in [2.24, 2.45) is 0 Å². The van der Waals surface area contributed by atoms with Crippen LogP contribution >= 0.6 is 0 Å². The Morgan fingerprint density at radius 2 is 2.00 bits per heavy atom. The van der Waals surface area contributed by atoms with E-state index in [1.807, 2.05) is 0 Å². The molecule has 3 heteroatoms. The largest absolute Gasteiger partial charge is 0.289 e. The zero-order chi connectivity index (χ0) is 5.86. The van der Waals surface area contributed by atoms with Crippen molar-refractivity contribution in [2.45, 2.75) is 13.3 Å². The molecule has 0 aliphatic heterocycles. The summed E-state index contributed by atoms with van der Waals surface area (Å²) < 4.78 is 33.3. The SMILES string of the molecule is CC=C(F)C(F)F. The Balaban J connectivity index is 3.56. The molecule has 0 aromatic heterocycles. The molecule has 0 spiro atoms. The smallest absolute Gasteiger partial charge is 0.206 e. The molecule has 0 radical (unpaired) electrons. The second-order valence-electron chi connectivity index (χ2n) is 0.974. The Bertz CT molecular complexity index is 75.0. The van der Waals surface area contributed by atoms with Crippen LogP contribution in [0.25, 0.3) is 0 Å². The minimum Gasteiger partial charge on any atom is -0.206 e. The quantitative estimate of drug-likeness (QED) is 0.485. The molecule has 0 amide bonds. The summed E-state index contributed by atoms with van der Waals surface area (Å²) >= 11 is 0. The van der Waals surface area contributed by atoms with Gasteiger partial charge in [-0.1, -0.05) is 6.08 Å². The number of allylic oxidation sites excluding steroid dienone is 2. The van der Waals surface area contributed by atoms with Crippen LogP contribution in [0, 0.1) is 0 Å². The van der Waals surface area contributed by atoms with E-state index in [-0.39, 0.29) is 0 Å². The number of alkyl halides is 2. The first-order chi connectivity index (χ1) is 3.18. The fourth-order valence-electron chi connectivity index (χ4n) is 0.126. The second kappa shape index (κ2) is 2.66. The predicted octanol–water partition coefficient (Wildman–Crippen LogP) is 2.12. The maximum absolute atomic E-state index is 11.4. The summed E-state index contributed by atoms with van der Waals surface area (Å²) in [6, 6.07) is 0. The van der Waals surface area contributed by atoms with E-state index in [9.17, 15) is 13.2 Å². The average Bonchev–Trinajstić information content (AvgIpc) is 1.65. The van der Waals surface area contributed by atoms with Gasteiger partial charge in [0.2, 0.25) is 0 Å². The Hall–Kier alpha value is -0.470. The molecule has 0 heterocycles. The van der Waals surface area contributed by atoms with Crippen LogP contribution in [-0.2, 0) is 0 Å². The summed E-state index contributed by atoms with van der Waals surface area (Å²) in [7, 11) is 0. The molecule has 0 N–H and O–H groups in total. The van der Waals surface area contributed by atoms with Crippen molar-refractivity contribution in [3.05, 3.63) is 11.9 Å². The summed E-state index contributed by atoms with van der Waals surface area (Å²) in [6.45, 7) is 1.22. The molecule has 0 rings (SSSR count). The molecule has 0 atom stereocenters. The summed E-state index contributed by atoms with van der Waals surface area (Å²) in [5, 5.41) is 0. The Morgan fingerprint density at radius 1 is 1.57 bits per heavy atom. The van der Waals surface area contributed by atoms with Crippen molar-refractivity contribution in [1.29, 1.82) is 0 Å². The van der Waals surface area contributed by atoms with Crippen LogP contribution in [0.2, 0.25) is 0 Å². The van der Waals surface area contributed by atoms with Crippen molar-refractivity contribution in [2.75, 3.05) is 0 Å². The van der Waals surface area contributed by atoms with Crippen LogP contribution in [0.3, 0.4) is 0 Å². The highest BCUT2D eigenvalue weighted by Gasteiger charge is 2.05. The first-order valence-electron chi connectivity index (χ1n) is 1.78. The predicted molar refractivity (Wildman–Crippen MR) is 20.9 cm³/mol. The number of hydrogen-bond acceptors (Lipinski definition) is 0. The van der Waals surface area contributed by atoms with Gasteiger partial charge in [0.15, 0.2) is 5.83 Å². The first-order valence-corrected chi connectivity index (χ1v) is 1.78. The molecule has 0 fully saturated rings. The van der Waals surface area contributed by atoms with Gasteiger partial charge in [0.25, 0.3) is 6.43 Å². The van der Waals surface area contributed by atoms with Gasteiger partial charge in [0, 0.05) is 0 Å². The lowest BCUT2D eigenvalue weighted by molar-refractivity contribution is 0.158. The van der Waals surface area contributed by atoms with Crippen molar-refractivity contribution in [3.63, 3.8) is 0 Å². The standard InChI is InChI=1S/C4H5F3/c1-2-3(5)4(6)7/h2,4H,1H3. The molecule has 42 valence electrons. The third-order valence-corrected chi connectivity index (χ3v) is 0.484. The molecule has 0 unspecified atom stereocenters. The fourth-order valence-corrected chi connectivity index (χ4v) is 0.126. The van der Waals surface area contributed by atoms with E-state index in [2.05, 4.69) is 0 Å². The van der Waals surface area contributed by atoms with Crippen LogP contribution in [0.1, 0.15) is 6.92 Å². The van der Waals surface area contributed by atoms with Gasteiger partial charge in [-0.3, -0.25) is 0 Å². The topological polar surface area (TPSA) is 0 Å². The summed E-state index contributed by atoms with van der Waals surface area (Å²) in [5.74, 6) is -1.36. The molecule has 0 aliphatic carbocycles. The van der Waals surface area contributed by atoms with Gasteiger partial charge in [-0.25, -0.2) is 13.2 Å². The molecule has 0 aromatic carbocycles. The third-order valence-electron chi connectivity index (χ3n) is 0.484. The molecule has 7 heavy (non-hydrogen) atoms. The fraction of sp³-hybridized carbons (Fsp3) is 0.500. The third kappa shape index (κ3) is 2.25. The first kappa shape index (κ1) is 6.53. The van der Waals surface area contributed by atoms with E-state index < -0.39 is 12.3 Å². The molecule has 0 nitrogen and oxygen atoms in total. The number of rotatable bonds is 1. The number of halogens is 3. The second-order valence-corrected chi connectivity index (χ2v) is 0.974. The van der Waals surface area contributed by atoms with Crippen molar-refractivity contribution < 1.29 is 13.2 Å². The lowest BCUT2D eigenvalue weighted by Crippen LogP contribution is -1.87. The Labute approximate surface area is 39.6 Å². The molecule has 0 bridgehead atoms. The van der Waals surface area contributed by atoms with Gasteiger partial charge in [0.1, 0.15) is 0 Å². The van der Waals surface area contributed by atoms with Gasteiger partial charge in [-0.05, 0) is 6.92 Å². The number of hydrogen-bond donors (Lipinski definition) is 0. The van der Waals surface area contributed by atoms with E-state index >= 15 is 0 Å². The van der Waals surface area contributed by atoms with E-state index in [4.69, 9.17) is 0 Å². The van der Waals surface area contributed by atoms with Crippen molar-refractivity contribution in [3.8, 4) is 0 Å². The lowest BCUT2D eigenvalue weighted by atomic mass is 10.5. The summed E-state index contributed by atoms with van der Waals surface area (Å²) in [4.78, 5) is 0. The van der Waals surface area contributed by atoms with E-state index in [0.29, 0.717) is 0 Å². The minimum absolute atomic E-state index is 0.741. The summed E-state index contributed by atoms with van der Waals surface area (Å²) in [6.07, 6.45) is -2.20. The van der Waals surface area contributed by atoms with Crippen LogP contribution in [0.4, 0.5) is 13.2 Å². The van der Waals surface area contributed by atoms with Crippen LogP contribution < -0.4 is 0 Å². The molecular weight excluding hydrogens is 105 g/mol. The zero-order valence-corrected chi connectivity index (χ0v) is 3.79. The van der Waals surface area contributed by atoms with Gasteiger partial charge in [-0.15, -0.1) is 0 Å². The monoisotopic (exact) mass is 110 g/mol. The Morgan fingerprint density at radius 3 is 2.00 bits per heavy atom. The van der Waals surface area contributed by atoms with Gasteiger partial charge in [-0.2, -0.15) is 0 Å². The highest BCUT2D eigenvalue weighted by atomic mass is 19.3. The van der Waals surface area contributed by atoms with E-state index in [1.54, 1.807) is 0 Å². The molecule has 0 saturated heterocycles. The molecule has 0 saturated carbocycles. The zero-order valence-electron chi connectivity index (χ0n) is 3.79. The van der Waals surface area contributed by atoms with Crippen LogP contribution in [-0.4, -0.2) is 6.43 Å². The molecular formula is C4H5F3. The van der Waals surface area contributed by atoms with Crippen molar-refractivity contribution >= 4 is 0 Å². The lowest BCUT2D eigenvalue weighted by Gasteiger charge is -1.87. The van der Waals surface area contributed by atoms with Gasteiger partial charge >= 0.3 is 0 Å². The van der Waals surface area contributed by atoms with Gasteiger partial charge in [0.05, 0.1) is 0 Å². The minimum atomic E-state index is -2.94. The normalized spacial score (nSPS) is 13.0. The maximum atomic E-state index is 11.4. The summed E-state index contributed by atoms with van der Waals surface area (Å²) in [5.41, 5.74) is 0. The average molecular weight is 110 g/mol. The molecule has 0 aliphatic rings.